The fourth-order valence-corrected chi connectivity index (χ4v) is 4.99. The molecule has 0 amide bonds. The number of aliphatic hydroxyl groups is 3. The molecule has 23 heavy (non-hydrogen) atoms. The molecule has 0 aromatic carbocycles. The second-order valence-corrected chi connectivity index (χ2v) is 7.87. The van der Waals surface area contributed by atoms with Crippen molar-refractivity contribution in [2.75, 3.05) is 0 Å². The van der Waals surface area contributed by atoms with Gasteiger partial charge in [-0.1, -0.05) is 25.5 Å². The van der Waals surface area contributed by atoms with Crippen LogP contribution in [0.4, 0.5) is 0 Å². The van der Waals surface area contributed by atoms with Gasteiger partial charge in [0.25, 0.3) is 0 Å². The maximum absolute atomic E-state index is 11.6. The molecule has 0 radical (unpaired) electrons. The molecular weight excluding hydrogens is 300 g/mol. The molecule has 1 saturated carbocycles. The van der Waals surface area contributed by atoms with Gasteiger partial charge in [-0.25, -0.2) is 0 Å². The maximum atomic E-state index is 11.6. The van der Waals surface area contributed by atoms with Crippen molar-refractivity contribution >= 4 is 5.97 Å². The van der Waals surface area contributed by atoms with Gasteiger partial charge in [-0.2, -0.15) is 0 Å². The molecular formula is C17H26O6. The molecule has 0 aromatic heterocycles. The van der Waals surface area contributed by atoms with Crippen LogP contribution in [0.15, 0.2) is 11.6 Å². The molecule has 1 saturated heterocycles. The molecule has 0 aromatic rings. The number of carbonyl (C=O) groups is 1. The third kappa shape index (κ3) is 2.27. The SMILES string of the molecule is CC(=O)OC1CC(C)=CC(O)C(O)C2C(O)OC13C2CC3(C)C. The van der Waals surface area contributed by atoms with Gasteiger partial charge < -0.3 is 24.8 Å². The van der Waals surface area contributed by atoms with Crippen molar-refractivity contribution in [2.24, 2.45) is 17.3 Å². The topological polar surface area (TPSA) is 96.2 Å². The van der Waals surface area contributed by atoms with Crippen molar-refractivity contribution in [1.29, 1.82) is 0 Å². The summed E-state index contributed by atoms with van der Waals surface area (Å²) in [6, 6.07) is 0. The number of aliphatic hydroxyl groups excluding tert-OH is 3. The van der Waals surface area contributed by atoms with E-state index in [-0.39, 0.29) is 11.3 Å². The number of carbonyl (C=O) groups excluding carboxylic acids is 1. The minimum absolute atomic E-state index is 0.166. The summed E-state index contributed by atoms with van der Waals surface area (Å²) in [6.07, 6.45) is -1.21. The van der Waals surface area contributed by atoms with Crippen LogP contribution in [-0.4, -0.2) is 51.5 Å². The summed E-state index contributed by atoms with van der Waals surface area (Å²) < 4.78 is 11.5. The van der Waals surface area contributed by atoms with E-state index < -0.39 is 42.1 Å². The summed E-state index contributed by atoms with van der Waals surface area (Å²) >= 11 is 0. The molecule has 2 aliphatic carbocycles. The molecule has 3 aliphatic rings. The van der Waals surface area contributed by atoms with Gasteiger partial charge in [-0.3, -0.25) is 4.79 Å². The van der Waals surface area contributed by atoms with E-state index in [9.17, 15) is 20.1 Å². The lowest BCUT2D eigenvalue weighted by Crippen LogP contribution is -2.68. The van der Waals surface area contributed by atoms with Crippen molar-refractivity contribution in [2.45, 2.75) is 70.7 Å². The maximum Gasteiger partial charge on any atom is 0.303 e. The molecule has 130 valence electrons. The summed E-state index contributed by atoms with van der Waals surface area (Å²) in [4.78, 5) is 11.6. The van der Waals surface area contributed by atoms with Crippen molar-refractivity contribution in [3.63, 3.8) is 0 Å². The number of ether oxygens (including phenoxy) is 2. The Hall–Kier alpha value is -0.950. The third-order valence-corrected chi connectivity index (χ3v) is 5.94. The summed E-state index contributed by atoms with van der Waals surface area (Å²) in [5.74, 6) is -1.17. The van der Waals surface area contributed by atoms with Crippen LogP contribution < -0.4 is 0 Å². The first kappa shape index (κ1) is 16.9. The fraction of sp³-hybridized carbons (Fsp3) is 0.824. The zero-order valence-electron chi connectivity index (χ0n) is 14.0. The molecule has 1 heterocycles. The second-order valence-electron chi connectivity index (χ2n) is 7.87. The van der Waals surface area contributed by atoms with Crippen molar-refractivity contribution in [1.82, 2.24) is 0 Å². The van der Waals surface area contributed by atoms with Crippen LogP contribution in [0.2, 0.25) is 0 Å². The van der Waals surface area contributed by atoms with Crippen LogP contribution >= 0.6 is 0 Å². The second kappa shape index (κ2) is 5.28. The lowest BCUT2D eigenvalue weighted by atomic mass is 9.47. The highest BCUT2D eigenvalue weighted by atomic mass is 16.7. The van der Waals surface area contributed by atoms with E-state index in [0.29, 0.717) is 6.42 Å². The number of hydrogen-bond donors (Lipinski definition) is 3. The lowest BCUT2D eigenvalue weighted by Gasteiger charge is -2.60. The third-order valence-electron chi connectivity index (χ3n) is 5.94. The summed E-state index contributed by atoms with van der Waals surface area (Å²) in [5, 5.41) is 31.1. The predicted octanol–water partition coefficient (Wildman–Crippen LogP) is 0.740. The number of rotatable bonds is 1. The first-order valence-corrected chi connectivity index (χ1v) is 8.16. The van der Waals surface area contributed by atoms with Gasteiger partial charge in [-0.15, -0.1) is 0 Å². The molecule has 0 spiro atoms. The Morgan fingerprint density at radius 3 is 2.57 bits per heavy atom. The first-order chi connectivity index (χ1) is 10.6. The molecule has 7 atom stereocenters. The number of hydrogen-bond acceptors (Lipinski definition) is 6. The van der Waals surface area contributed by atoms with Crippen LogP contribution in [0.1, 0.15) is 40.5 Å². The fourth-order valence-electron chi connectivity index (χ4n) is 4.99. The Morgan fingerprint density at radius 1 is 1.35 bits per heavy atom. The zero-order chi connectivity index (χ0) is 17.2. The molecule has 3 rings (SSSR count). The smallest absolute Gasteiger partial charge is 0.303 e. The molecule has 3 N–H and O–H groups in total. The van der Waals surface area contributed by atoms with Gasteiger partial charge in [0.2, 0.25) is 0 Å². The van der Waals surface area contributed by atoms with Gasteiger partial charge in [0.15, 0.2) is 6.29 Å². The van der Waals surface area contributed by atoms with E-state index >= 15 is 0 Å². The van der Waals surface area contributed by atoms with E-state index in [1.165, 1.54) is 6.92 Å². The minimum Gasteiger partial charge on any atom is -0.459 e. The van der Waals surface area contributed by atoms with Gasteiger partial charge in [0.1, 0.15) is 11.7 Å². The quantitative estimate of drug-likeness (QED) is 0.486. The average Bonchev–Trinajstić information content (AvgIpc) is 2.66. The van der Waals surface area contributed by atoms with Crippen LogP contribution in [-0.2, 0) is 14.3 Å². The Morgan fingerprint density at radius 2 is 2.00 bits per heavy atom. The van der Waals surface area contributed by atoms with E-state index in [2.05, 4.69) is 0 Å². The van der Waals surface area contributed by atoms with E-state index in [4.69, 9.17) is 9.47 Å². The molecule has 7 unspecified atom stereocenters. The Labute approximate surface area is 136 Å². The molecule has 6 heteroatoms. The highest BCUT2D eigenvalue weighted by Crippen LogP contribution is 2.67. The largest absolute Gasteiger partial charge is 0.459 e. The minimum atomic E-state index is -1.18. The molecule has 2 bridgehead atoms. The standard InChI is InChI=1S/C17H26O6/c1-8-5-11(19)14(20)13-10-7-16(3,4)17(10,23-15(13)21)12(6-8)22-9(2)18/h5,10-15,19-21H,6-7H2,1-4H3. The molecule has 2 fully saturated rings. The van der Waals surface area contributed by atoms with Crippen LogP contribution in [0, 0.1) is 17.3 Å². The van der Waals surface area contributed by atoms with Crippen LogP contribution in [0.3, 0.4) is 0 Å². The van der Waals surface area contributed by atoms with Crippen LogP contribution in [0.25, 0.3) is 0 Å². The highest BCUT2D eigenvalue weighted by molar-refractivity contribution is 5.66. The van der Waals surface area contributed by atoms with Gasteiger partial charge in [0, 0.05) is 25.2 Å². The van der Waals surface area contributed by atoms with Crippen molar-refractivity contribution < 1.29 is 29.6 Å². The monoisotopic (exact) mass is 326 g/mol. The summed E-state index contributed by atoms with van der Waals surface area (Å²) in [6.45, 7) is 7.23. The van der Waals surface area contributed by atoms with Crippen molar-refractivity contribution in [3.05, 3.63) is 11.6 Å². The van der Waals surface area contributed by atoms with E-state index in [1.54, 1.807) is 6.08 Å². The Balaban J connectivity index is 2.10. The van der Waals surface area contributed by atoms with E-state index in [0.717, 1.165) is 12.0 Å². The van der Waals surface area contributed by atoms with Crippen molar-refractivity contribution in [3.8, 4) is 0 Å². The normalized spacial score (nSPS) is 48.2. The summed E-state index contributed by atoms with van der Waals surface area (Å²) in [5.41, 5.74) is -0.324. The lowest BCUT2D eigenvalue weighted by molar-refractivity contribution is -0.276. The van der Waals surface area contributed by atoms with Crippen LogP contribution in [0.5, 0.6) is 0 Å². The van der Waals surface area contributed by atoms with Gasteiger partial charge >= 0.3 is 5.97 Å². The summed E-state index contributed by atoms with van der Waals surface area (Å²) in [7, 11) is 0. The average molecular weight is 326 g/mol. The highest BCUT2D eigenvalue weighted by Gasteiger charge is 2.74. The Kier molecular flexibility index (Phi) is 3.87. The van der Waals surface area contributed by atoms with E-state index in [1.807, 2.05) is 20.8 Å². The zero-order valence-corrected chi connectivity index (χ0v) is 14.0. The van der Waals surface area contributed by atoms with Gasteiger partial charge in [-0.05, 0) is 18.8 Å². The molecule has 1 aliphatic heterocycles. The first-order valence-electron chi connectivity index (χ1n) is 8.16. The molecule has 6 nitrogen and oxygen atoms in total. The van der Waals surface area contributed by atoms with Gasteiger partial charge in [0.05, 0.1) is 12.2 Å². The Bertz CT molecular complexity index is 541. The number of esters is 1. The predicted molar refractivity (Wildman–Crippen MR) is 81.1 cm³/mol.